The van der Waals surface area contributed by atoms with Gasteiger partial charge in [-0.15, -0.1) is 0 Å². The molecule has 0 aromatic carbocycles. The van der Waals surface area contributed by atoms with Crippen molar-refractivity contribution in [2.45, 2.75) is 91.2 Å². The third-order valence-corrected chi connectivity index (χ3v) is 9.19. The molecule has 26 heavy (non-hydrogen) atoms. The quantitative estimate of drug-likeness (QED) is 0.567. The molecular formula is C23H37NO2. The molecule has 0 aromatic rings. The lowest BCUT2D eigenvalue weighted by Gasteiger charge is -2.59. The minimum absolute atomic E-state index is 0.0277. The Morgan fingerprint density at radius 2 is 2.04 bits per heavy atom. The Morgan fingerprint density at radius 1 is 1.27 bits per heavy atom. The van der Waals surface area contributed by atoms with E-state index < -0.39 is 0 Å². The van der Waals surface area contributed by atoms with Crippen LogP contribution in [0.3, 0.4) is 0 Å². The number of allylic oxidation sites excluding steroid dienone is 1. The van der Waals surface area contributed by atoms with Gasteiger partial charge >= 0.3 is 5.97 Å². The first-order valence-corrected chi connectivity index (χ1v) is 10.9. The number of esters is 1. The average Bonchev–Trinajstić information content (AvgIpc) is 2.91. The van der Waals surface area contributed by atoms with E-state index in [0.29, 0.717) is 5.41 Å². The summed E-state index contributed by atoms with van der Waals surface area (Å²) in [6.07, 6.45) is 12.4. The van der Waals surface area contributed by atoms with Crippen LogP contribution in [0, 0.1) is 34.5 Å². The summed E-state index contributed by atoms with van der Waals surface area (Å²) in [5, 5.41) is 0. The van der Waals surface area contributed by atoms with Crippen LogP contribution in [-0.2, 0) is 9.53 Å². The molecule has 3 nitrogen and oxygen atoms in total. The monoisotopic (exact) mass is 359 g/mol. The van der Waals surface area contributed by atoms with Crippen LogP contribution in [0.4, 0.5) is 0 Å². The van der Waals surface area contributed by atoms with E-state index in [1.54, 1.807) is 0 Å². The molecule has 0 bridgehead atoms. The van der Waals surface area contributed by atoms with Crippen molar-refractivity contribution in [3.63, 3.8) is 0 Å². The maximum Gasteiger partial charge on any atom is 0.302 e. The molecule has 4 aliphatic rings. The number of hydrogen-bond donors (Lipinski definition) is 1. The highest BCUT2D eigenvalue weighted by Gasteiger charge is 2.59. The number of carbonyl (C=O) groups is 1. The van der Waals surface area contributed by atoms with E-state index in [2.05, 4.69) is 26.8 Å². The van der Waals surface area contributed by atoms with Gasteiger partial charge in [0.05, 0.1) is 0 Å². The predicted octanol–water partition coefficient (Wildman–Crippen LogP) is 4.84. The molecule has 0 aromatic heterocycles. The number of hydrogen-bond acceptors (Lipinski definition) is 3. The fourth-order valence-electron chi connectivity index (χ4n) is 7.87. The Kier molecular flexibility index (Phi) is 4.53. The second-order valence-electron chi connectivity index (χ2n) is 10.2. The van der Waals surface area contributed by atoms with Gasteiger partial charge in [0.1, 0.15) is 6.10 Å². The Bertz CT molecular complexity index is 613. The molecule has 3 fully saturated rings. The van der Waals surface area contributed by atoms with Crippen LogP contribution in [-0.4, -0.2) is 18.1 Å². The minimum atomic E-state index is -0.201. The zero-order valence-electron chi connectivity index (χ0n) is 17.1. The highest BCUT2D eigenvalue weighted by Crippen LogP contribution is 2.66. The van der Waals surface area contributed by atoms with Gasteiger partial charge in [-0.2, -0.15) is 0 Å². The van der Waals surface area contributed by atoms with Gasteiger partial charge in [0, 0.05) is 19.4 Å². The molecular weight excluding hydrogens is 322 g/mol. The van der Waals surface area contributed by atoms with Gasteiger partial charge < -0.3 is 10.5 Å². The van der Waals surface area contributed by atoms with E-state index in [9.17, 15) is 4.79 Å². The fourth-order valence-corrected chi connectivity index (χ4v) is 7.87. The predicted molar refractivity (Wildman–Crippen MR) is 104 cm³/mol. The first-order chi connectivity index (χ1) is 12.3. The van der Waals surface area contributed by atoms with Crippen molar-refractivity contribution in [2.24, 2.45) is 40.2 Å². The summed E-state index contributed by atoms with van der Waals surface area (Å²) >= 11 is 0. The van der Waals surface area contributed by atoms with Crippen molar-refractivity contribution in [2.75, 3.05) is 0 Å². The average molecular weight is 360 g/mol. The van der Waals surface area contributed by atoms with Crippen LogP contribution in [0.2, 0.25) is 0 Å². The van der Waals surface area contributed by atoms with E-state index >= 15 is 0 Å². The summed E-state index contributed by atoms with van der Waals surface area (Å²) in [6, 6.07) is -0.0277. The van der Waals surface area contributed by atoms with Crippen molar-refractivity contribution >= 4 is 5.97 Å². The molecule has 3 saturated carbocycles. The first kappa shape index (κ1) is 18.5. The number of fused-ring (bicyclic) bond motifs is 5. The first-order valence-electron chi connectivity index (χ1n) is 10.9. The zero-order valence-corrected chi connectivity index (χ0v) is 17.1. The summed E-state index contributed by atoms with van der Waals surface area (Å²) in [6.45, 7) is 8.95. The number of ether oxygens (including phenoxy) is 1. The van der Waals surface area contributed by atoms with Gasteiger partial charge in [-0.3, -0.25) is 4.79 Å². The molecule has 0 saturated heterocycles. The molecule has 4 rings (SSSR count). The number of rotatable bonds is 2. The molecule has 4 aliphatic carbocycles. The third-order valence-electron chi connectivity index (χ3n) is 9.19. The molecule has 8 atom stereocenters. The van der Waals surface area contributed by atoms with Crippen LogP contribution in [0.5, 0.6) is 0 Å². The lowest BCUT2D eigenvalue weighted by atomic mass is 9.47. The second kappa shape index (κ2) is 6.36. The van der Waals surface area contributed by atoms with E-state index in [0.717, 1.165) is 36.5 Å². The smallest absolute Gasteiger partial charge is 0.302 e. The van der Waals surface area contributed by atoms with Gasteiger partial charge in [0.2, 0.25) is 0 Å². The van der Waals surface area contributed by atoms with Crippen molar-refractivity contribution in [1.29, 1.82) is 0 Å². The summed E-state index contributed by atoms with van der Waals surface area (Å²) in [5.41, 5.74) is 8.82. The van der Waals surface area contributed by atoms with Gasteiger partial charge in [-0.1, -0.05) is 38.8 Å². The molecule has 146 valence electrons. The Balaban J connectivity index is 1.61. The standard InChI is InChI=1S/C23H37NO2/c1-5-15-7-9-18-17-8-6-16-12-21(26-14(2)25)20(24)13-23(16,4)19(17)10-11-22(15,18)3/h6,15,17-21H,5,7-13,24H2,1-4H3/t15-,17-,18-,19-,20-,21-,22+,23-/m0/s1. The Labute approximate surface area is 159 Å². The van der Waals surface area contributed by atoms with Crippen LogP contribution >= 0.6 is 0 Å². The topological polar surface area (TPSA) is 52.3 Å². The Morgan fingerprint density at radius 3 is 2.73 bits per heavy atom. The van der Waals surface area contributed by atoms with Crippen molar-refractivity contribution in [1.82, 2.24) is 0 Å². The normalized spacial score (nSPS) is 50.3. The highest BCUT2D eigenvalue weighted by molar-refractivity contribution is 5.66. The molecule has 3 heteroatoms. The van der Waals surface area contributed by atoms with E-state index in [1.165, 1.54) is 51.0 Å². The molecule has 0 unspecified atom stereocenters. The van der Waals surface area contributed by atoms with Gasteiger partial charge in [-0.05, 0) is 73.0 Å². The van der Waals surface area contributed by atoms with Crippen molar-refractivity contribution in [3.05, 3.63) is 11.6 Å². The molecule has 0 heterocycles. The summed E-state index contributed by atoms with van der Waals surface area (Å²) in [5.74, 6) is 3.21. The summed E-state index contributed by atoms with van der Waals surface area (Å²) in [7, 11) is 0. The maximum atomic E-state index is 11.4. The number of nitrogens with two attached hydrogens (primary N) is 1. The zero-order chi connectivity index (χ0) is 18.7. The molecule has 2 N–H and O–H groups in total. The SMILES string of the molecule is CC[C@H]1CC[C@H]2[C@@H]3CC=C4C[C@H](OC(C)=O)[C@@H](N)C[C@]4(C)[C@H]3CC[C@]12C. The molecule has 0 spiro atoms. The summed E-state index contributed by atoms with van der Waals surface area (Å²) in [4.78, 5) is 11.4. The van der Waals surface area contributed by atoms with Crippen molar-refractivity contribution < 1.29 is 9.53 Å². The molecule has 0 amide bonds. The lowest BCUT2D eigenvalue weighted by molar-refractivity contribution is -0.150. The van der Waals surface area contributed by atoms with Crippen molar-refractivity contribution in [3.8, 4) is 0 Å². The highest BCUT2D eigenvalue weighted by atomic mass is 16.5. The maximum absolute atomic E-state index is 11.4. The van der Waals surface area contributed by atoms with E-state index in [-0.39, 0.29) is 23.5 Å². The minimum Gasteiger partial charge on any atom is -0.461 e. The Hall–Kier alpha value is -0.830. The molecule has 0 radical (unpaired) electrons. The van der Waals surface area contributed by atoms with Gasteiger partial charge in [0.15, 0.2) is 0 Å². The van der Waals surface area contributed by atoms with Crippen LogP contribution in [0.15, 0.2) is 11.6 Å². The fraction of sp³-hybridized carbons (Fsp3) is 0.870. The second-order valence-corrected chi connectivity index (χ2v) is 10.2. The van der Waals surface area contributed by atoms with Crippen LogP contribution in [0.25, 0.3) is 0 Å². The largest absolute Gasteiger partial charge is 0.461 e. The third kappa shape index (κ3) is 2.60. The van der Waals surface area contributed by atoms with Crippen LogP contribution < -0.4 is 5.73 Å². The lowest BCUT2D eigenvalue weighted by Crippen LogP contribution is -2.55. The summed E-state index contributed by atoms with van der Waals surface area (Å²) < 4.78 is 5.54. The van der Waals surface area contributed by atoms with Gasteiger partial charge in [-0.25, -0.2) is 0 Å². The molecule has 0 aliphatic heterocycles. The van der Waals surface area contributed by atoms with E-state index in [4.69, 9.17) is 10.5 Å². The van der Waals surface area contributed by atoms with E-state index in [1.807, 2.05) is 0 Å². The van der Waals surface area contributed by atoms with Gasteiger partial charge in [0.25, 0.3) is 0 Å². The van der Waals surface area contributed by atoms with Crippen LogP contribution in [0.1, 0.15) is 79.1 Å². The number of carbonyl (C=O) groups excluding carboxylic acids is 1.